The highest BCUT2D eigenvalue weighted by atomic mass is 32.2. The van der Waals surface area contributed by atoms with Crippen molar-refractivity contribution >= 4 is 45.1 Å². The average Bonchev–Trinajstić information content (AvgIpc) is 3.24. The summed E-state index contributed by atoms with van der Waals surface area (Å²) in [6, 6.07) is 4.48. The second kappa shape index (κ2) is 10.9. The summed E-state index contributed by atoms with van der Waals surface area (Å²) in [6.45, 7) is 7.49. The Morgan fingerprint density at radius 2 is 1.94 bits per heavy atom. The van der Waals surface area contributed by atoms with Crippen molar-refractivity contribution in [2.75, 3.05) is 18.1 Å². The highest BCUT2D eigenvalue weighted by Gasteiger charge is 2.48. The molecule has 4 rings (SSSR count). The van der Waals surface area contributed by atoms with E-state index < -0.39 is 5.54 Å². The van der Waals surface area contributed by atoms with Gasteiger partial charge in [0, 0.05) is 17.5 Å². The van der Waals surface area contributed by atoms with E-state index >= 15 is 0 Å². The first-order chi connectivity index (χ1) is 16.0. The maximum Gasteiger partial charge on any atom is 0.271 e. The SMILES string of the molecule is CCCSCCCN1C(=O)c2cc3sc(CC)cc3n2C[C@]1(C)C(=O)NC1CCCCCC1. The van der Waals surface area contributed by atoms with Gasteiger partial charge in [-0.1, -0.05) is 39.5 Å². The van der Waals surface area contributed by atoms with E-state index in [1.54, 1.807) is 11.3 Å². The summed E-state index contributed by atoms with van der Waals surface area (Å²) in [5, 5.41) is 3.37. The molecule has 2 aromatic heterocycles. The van der Waals surface area contributed by atoms with E-state index in [-0.39, 0.29) is 17.9 Å². The van der Waals surface area contributed by atoms with Crippen LogP contribution in [-0.4, -0.2) is 50.9 Å². The fourth-order valence-corrected chi connectivity index (χ4v) is 7.12. The molecule has 1 atom stereocenters. The zero-order valence-corrected chi connectivity index (χ0v) is 22.1. The van der Waals surface area contributed by atoms with Crippen LogP contribution in [0.1, 0.15) is 87.5 Å². The summed E-state index contributed by atoms with van der Waals surface area (Å²) < 4.78 is 3.27. The molecule has 1 N–H and O–H groups in total. The van der Waals surface area contributed by atoms with Crippen LogP contribution in [0.4, 0.5) is 0 Å². The largest absolute Gasteiger partial charge is 0.351 e. The Kier molecular flexibility index (Phi) is 8.11. The summed E-state index contributed by atoms with van der Waals surface area (Å²) >= 11 is 3.70. The van der Waals surface area contributed by atoms with E-state index in [9.17, 15) is 9.59 Å². The lowest BCUT2D eigenvalue weighted by Gasteiger charge is -2.44. The standard InChI is InChI=1S/C26H39N3O2S2/c1-4-14-32-15-10-13-29-24(30)22-17-23-21(16-20(5-2)33-23)28(22)18-26(29,3)25(31)27-19-11-8-6-7-9-12-19/h16-17,19H,4-15,18H2,1-3H3,(H,27,31)/t26-/m1/s1. The van der Waals surface area contributed by atoms with Gasteiger partial charge in [-0.25, -0.2) is 0 Å². The van der Waals surface area contributed by atoms with Gasteiger partial charge in [0.1, 0.15) is 11.2 Å². The van der Waals surface area contributed by atoms with Crippen molar-refractivity contribution in [1.82, 2.24) is 14.8 Å². The van der Waals surface area contributed by atoms with E-state index in [0.29, 0.717) is 13.1 Å². The Morgan fingerprint density at radius 3 is 2.64 bits per heavy atom. The Balaban J connectivity index is 1.61. The van der Waals surface area contributed by atoms with Crippen LogP contribution < -0.4 is 5.32 Å². The van der Waals surface area contributed by atoms with Crippen molar-refractivity contribution < 1.29 is 9.59 Å². The third-order valence-electron chi connectivity index (χ3n) is 7.21. The predicted octanol–water partition coefficient (Wildman–Crippen LogP) is 5.85. The minimum absolute atomic E-state index is 0.00158. The molecule has 0 aromatic carbocycles. The number of thiophene rings is 1. The monoisotopic (exact) mass is 489 g/mol. The van der Waals surface area contributed by atoms with E-state index in [0.717, 1.165) is 53.1 Å². The molecule has 2 aliphatic rings. The summed E-state index contributed by atoms with van der Waals surface area (Å²) in [5.74, 6) is 2.18. The molecule has 182 valence electrons. The molecule has 1 saturated carbocycles. The number of hydrogen-bond acceptors (Lipinski definition) is 4. The smallest absolute Gasteiger partial charge is 0.271 e. The van der Waals surface area contributed by atoms with Gasteiger partial charge in [-0.15, -0.1) is 11.3 Å². The molecule has 5 nitrogen and oxygen atoms in total. The topological polar surface area (TPSA) is 54.3 Å². The van der Waals surface area contributed by atoms with Gasteiger partial charge in [0.2, 0.25) is 5.91 Å². The molecule has 33 heavy (non-hydrogen) atoms. The number of carbonyl (C=O) groups is 2. The number of aryl methyl sites for hydroxylation is 1. The van der Waals surface area contributed by atoms with Crippen LogP contribution in [0, 0.1) is 0 Å². The van der Waals surface area contributed by atoms with Gasteiger partial charge in [0.05, 0.1) is 16.8 Å². The molecule has 7 heteroatoms. The molecule has 0 saturated heterocycles. The number of nitrogens with zero attached hydrogens (tertiary/aromatic N) is 2. The molecule has 3 heterocycles. The lowest BCUT2D eigenvalue weighted by molar-refractivity contribution is -0.133. The van der Waals surface area contributed by atoms with E-state index in [4.69, 9.17) is 0 Å². The molecule has 1 aliphatic heterocycles. The molecule has 2 aromatic rings. The Labute approximate surface area is 206 Å². The van der Waals surface area contributed by atoms with Gasteiger partial charge in [0.25, 0.3) is 5.91 Å². The lowest BCUT2D eigenvalue weighted by atomic mass is 9.93. The average molecular weight is 490 g/mol. The number of amides is 2. The van der Waals surface area contributed by atoms with Crippen molar-refractivity contribution in [3.05, 3.63) is 22.7 Å². The zero-order valence-electron chi connectivity index (χ0n) is 20.5. The van der Waals surface area contributed by atoms with Crippen molar-refractivity contribution in [3.63, 3.8) is 0 Å². The number of thioether (sulfide) groups is 1. The summed E-state index contributed by atoms with van der Waals surface area (Å²) in [6.07, 6.45) is 10.0. The molecule has 0 radical (unpaired) electrons. The Hall–Kier alpha value is -1.47. The van der Waals surface area contributed by atoms with Gasteiger partial charge < -0.3 is 14.8 Å². The van der Waals surface area contributed by atoms with Crippen LogP contribution >= 0.6 is 23.1 Å². The van der Waals surface area contributed by atoms with Crippen molar-refractivity contribution in [1.29, 1.82) is 0 Å². The summed E-state index contributed by atoms with van der Waals surface area (Å²) in [4.78, 5) is 30.8. The Bertz CT molecular complexity index is 974. The maximum atomic E-state index is 13.8. The third-order valence-corrected chi connectivity index (χ3v) is 9.70. The molecular formula is C26H39N3O2S2. The van der Waals surface area contributed by atoms with E-state index in [1.807, 2.05) is 29.7 Å². The second-order valence-corrected chi connectivity index (χ2v) is 12.2. The second-order valence-electron chi connectivity index (χ2n) is 9.79. The van der Waals surface area contributed by atoms with Crippen LogP contribution in [0.5, 0.6) is 0 Å². The number of carbonyl (C=O) groups excluding carboxylic acids is 2. The number of aromatic nitrogens is 1. The predicted molar refractivity (Wildman–Crippen MR) is 141 cm³/mol. The van der Waals surface area contributed by atoms with Crippen LogP contribution in [0.3, 0.4) is 0 Å². The van der Waals surface area contributed by atoms with Gasteiger partial charge in [-0.3, -0.25) is 9.59 Å². The van der Waals surface area contributed by atoms with E-state index in [1.165, 1.54) is 37.0 Å². The molecule has 0 unspecified atom stereocenters. The van der Waals surface area contributed by atoms with Crippen molar-refractivity contribution in [3.8, 4) is 0 Å². The van der Waals surface area contributed by atoms with Crippen LogP contribution in [0.25, 0.3) is 10.2 Å². The molecule has 2 amide bonds. The number of hydrogen-bond donors (Lipinski definition) is 1. The van der Waals surface area contributed by atoms with Gasteiger partial charge in [-0.05, 0) is 62.7 Å². The molecule has 1 fully saturated rings. The fourth-order valence-electron chi connectivity index (χ4n) is 5.25. The van der Waals surface area contributed by atoms with Crippen molar-refractivity contribution in [2.24, 2.45) is 0 Å². The normalized spacial score (nSPS) is 21.9. The maximum absolute atomic E-state index is 13.8. The first-order valence-corrected chi connectivity index (χ1v) is 14.8. The Morgan fingerprint density at radius 1 is 1.18 bits per heavy atom. The van der Waals surface area contributed by atoms with Crippen LogP contribution in [-0.2, 0) is 17.8 Å². The first-order valence-electron chi connectivity index (χ1n) is 12.8. The first kappa shape index (κ1) is 24.6. The molecular weight excluding hydrogens is 450 g/mol. The highest BCUT2D eigenvalue weighted by molar-refractivity contribution is 7.99. The zero-order chi connectivity index (χ0) is 23.4. The lowest BCUT2D eigenvalue weighted by Crippen LogP contribution is -2.65. The highest BCUT2D eigenvalue weighted by Crippen LogP contribution is 2.36. The number of fused-ring (bicyclic) bond motifs is 3. The van der Waals surface area contributed by atoms with Gasteiger partial charge in [-0.2, -0.15) is 11.8 Å². The molecule has 0 bridgehead atoms. The minimum Gasteiger partial charge on any atom is -0.351 e. The third kappa shape index (κ3) is 5.14. The van der Waals surface area contributed by atoms with Crippen molar-refractivity contribution in [2.45, 2.75) is 96.7 Å². The van der Waals surface area contributed by atoms with Crippen LogP contribution in [0.2, 0.25) is 0 Å². The van der Waals surface area contributed by atoms with Gasteiger partial charge in [0.15, 0.2) is 0 Å². The molecule has 0 spiro atoms. The molecule has 1 aliphatic carbocycles. The number of rotatable bonds is 9. The van der Waals surface area contributed by atoms with E-state index in [2.05, 4.69) is 29.8 Å². The van der Waals surface area contributed by atoms with Gasteiger partial charge >= 0.3 is 0 Å². The minimum atomic E-state index is -0.869. The number of nitrogens with one attached hydrogen (secondary N) is 1. The summed E-state index contributed by atoms with van der Waals surface area (Å²) in [5.41, 5.74) is 0.971. The van der Waals surface area contributed by atoms with Crippen LogP contribution in [0.15, 0.2) is 12.1 Å². The summed E-state index contributed by atoms with van der Waals surface area (Å²) in [7, 11) is 0. The quantitative estimate of drug-likeness (QED) is 0.355. The fraction of sp³-hybridized carbons (Fsp3) is 0.692.